The molecule has 0 radical (unpaired) electrons. The van der Waals surface area contributed by atoms with Crippen LogP contribution in [0, 0.1) is 34.5 Å². The number of Topliss-reactive ketones (excluding diaryl/α,β-unsaturated/α-hetero) is 1. The highest BCUT2D eigenvalue weighted by Gasteiger charge is 2.67. The van der Waals surface area contributed by atoms with Gasteiger partial charge in [-0.3, -0.25) is 4.79 Å². The van der Waals surface area contributed by atoms with E-state index in [1.807, 2.05) is 0 Å². The topological polar surface area (TPSA) is 37.3 Å². The van der Waals surface area contributed by atoms with Crippen LogP contribution in [-0.2, 0) is 4.79 Å². The quantitative estimate of drug-likeness (QED) is 0.717. The van der Waals surface area contributed by atoms with Gasteiger partial charge in [0.1, 0.15) is 0 Å². The molecule has 4 rings (SSSR count). The molecule has 8 atom stereocenters. The number of fused-ring (bicyclic) bond motifs is 5. The molecule has 0 saturated heterocycles. The SMILES string of the molecule is C[C@]12CC(F)(F)C(=O)C(F)C1CC[C@@H]1[C@@H]2CC[C@]2(C)C(O)CC[C@@H]12. The van der Waals surface area contributed by atoms with Crippen molar-refractivity contribution in [3.8, 4) is 0 Å². The lowest BCUT2D eigenvalue weighted by Crippen LogP contribution is -2.61. The summed E-state index contributed by atoms with van der Waals surface area (Å²) in [5, 5.41) is 10.4. The highest BCUT2D eigenvalue weighted by molar-refractivity contribution is 5.91. The van der Waals surface area contributed by atoms with Gasteiger partial charge in [0, 0.05) is 12.3 Å². The molecule has 0 aromatic carbocycles. The van der Waals surface area contributed by atoms with E-state index in [9.17, 15) is 23.1 Å². The van der Waals surface area contributed by atoms with Crippen molar-refractivity contribution in [2.75, 3.05) is 0 Å². The minimum atomic E-state index is -3.54. The fourth-order valence-corrected chi connectivity index (χ4v) is 7.15. The van der Waals surface area contributed by atoms with Crippen molar-refractivity contribution in [2.24, 2.45) is 34.5 Å². The van der Waals surface area contributed by atoms with Crippen molar-refractivity contribution in [3.05, 3.63) is 0 Å². The summed E-state index contributed by atoms with van der Waals surface area (Å²) in [7, 11) is 0. The van der Waals surface area contributed by atoms with E-state index >= 15 is 0 Å². The number of ketones is 1. The lowest BCUT2D eigenvalue weighted by molar-refractivity contribution is -0.198. The molecule has 0 heterocycles. The van der Waals surface area contributed by atoms with Crippen molar-refractivity contribution >= 4 is 5.78 Å². The van der Waals surface area contributed by atoms with Gasteiger partial charge in [0.25, 0.3) is 0 Å². The van der Waals surface area contributed by atoms with Gasteiger partial charge >= 0.3 is 5.92 Å². The van der Waals surface area contributed by atoms with E-state index < -0.39 is 35.6 Å². The van der Waals surface area contributed by atoms with E-state index in [-0.39, 0.29) is 23.4 Å². The molecule has 24 heavy (non-hydrogen) atoms. The Morgan fingerprint density at radius 1 is 0.958 bits per heavy atom. The number of alkyl halides is 3. The standard InChI is InChI=1S/C19H27F3O2/c1-17-8-7-12-10(11(17)5-6-14(17)23)3-4-13-15(20)16(24)19(21,22)9-18(12,13)2/h10-15,23H,3-9H2,1-2H3/t10-,11-,12-,13?,14?,15?,17-,18+/m0/s1. The van der Waals surface area contributed by atoms with Crippen LogP contribution in [0.2, 0.25) is 0 Å². The van der Waals surface area contributed by atoms with Gasteiger partial charge in [-0.2, -0.15) is 8.78 Å². The van der Waals surface area contributed by atoms with Crippen LogP contribution in [0.1, 0.15) is 58.8 Å². The van der Waals surface area contributed by atoms with Gasteiger partial charge in [-0.25, -0.2) is 4.39 Å². The first kappa shape index (κ1) is 16.9. The van der Waals surface area contributed by atoms with Crippen molar-refractivity contribution < 1.29 is 23.1 Å². The number of aliphatic hydroxyl groups is 1. The smallest absolute Gasteiger partial charge is 0.308 e. The molecule has 0 spiro atoms. The number of hydrogen-bond acceptors (Lipinski definition) is 2. The number of halogens is 3. The van der Waals surface area contributed by atoms with Crippen LogP contribution in [-0.4, -0.2) is 29.1 Å². The van der Waals surface area contributed by atoms with Gasteiger partial charge in [-0.05, 0) is 67.1 Å². The molecule has 4 fully saturated rings. The van der Waals surface area contributed by atoms with Crippen LogP contribution < -0.4 is 0 Å². The summed E-state index contributed by atoms with van der Waals surface area (Å²) < 4.78 is 42.9. The van der Waals surface area contributed by atoms with E-state index in [1.54, 1.807) is 6.92 Å². The minimum absolute atomic E-state index is 0.0387. The molecule has 136 valence electrons. The van der Waals surface area contributed by atoms with Crippen molar-refractivity contribution in [3.63, 3.8) is 0 Å². The maximum absolute atomic E-state index is 14.5. The Hall–Kier alpha value is -0.580. The first-order valence-corrected chi connectivity index (χ1v) is 9.35. The third-order valence-corrected chi connectivity index (χ3v) is 8.46. The minimum Gasteiger partial charge on any atom is -0.393 e. The monoisotopic (exact) mass is 344 g/mol. The zero-order chi connectivity index (χ0) is 17.5. The number of hydrogen-bond donors (Lipinski definition) is 1. The molecule has 5 heteroatoms. The maximum atomic E-state index is 14.5. The third-order valence-electron chi connectivity index (χ3n) is 8.46. The van der Waals surface area contributed by atoms with Crippen LogP contribution in [0.5, 0.6) is 0 Å². The van der Waals surface area contributed by atoms with Gasteiger partial charge in [0.05, 0.1) is 6.10 Å². The molecule has 0 bridgehead atoms. The first-order valence-electron chi connectivity index (χ1n) is 9.35. The second-order valence-corrected chi connectivity index (χ2v) is 9.35. The molecular formula is C19H27F3O2. The average Bonchev–Trinajstić information content (AvgIpc) is 2.80. The van der Waals surface area contributed by atoms with E-state index in [0.29, 0.717) is 12.3 Å². The molecule has 4 aliphatic carbocycles. The first-order chi connectivity index (χ1) is 11.1. The lowest BCUT2D eigenvalue weighted by atomic mass is 9.44. The Morgan fingerprint density at radius 3 is 2.29 bits per heavy atom. The van der Waals surface area contributed by atoms with Gasteiger partial charge in [0.15, 0.2) is 6.17 Å². The van der Waals surface area contributed by atoms with Crippen LogP contribution in [0.3, 0.4) is 0 Å². The summed E-state index contributed by atoms with van der Waals surface area (Å²) in [5.41, 5.74) is -0.929. The number of carbonyl (C=O) groups excluding carboxylic acids is 1. The third kappa shape index (κ3) is 1.96. The molecule has 0 aliphatic heterocycles. The zero-order valence-corrected chi connectivity index (χ0v) is 14.4. The van der Waals surface area contributed by atoms with Gasteiger partial charge in [0.2, 0.25) is 5.78 Å². The van der Waals surface area contributed by atoms with Gasteiger partial charge in [-0.1, -0.05) is 13.8 Å². The second kappa shape index (κ2) is 4.99. The Labute approximate surface area is 141 Å². The maximum Gasteiger partial charge on any atom is 0.308 e. The van der Waals surface area contributed by atoms with Gasteiger partial charge in [-0.15, -0.1) is 0 Å². The fraction of sp³-hybridized carbons (Fsp3) is 0.947. The van der Waals surface area contributed by atoms with E-state index in [2.05, 4.69) is 6.92 Å². The molecule has 4 aliphatic rings. The van der Waals surface area contributed by atoms with Crippen LogP contribution >= 0.6 is 0 Å². The van der Waals surface area contributed by atoms with Crippen molar-refractivity contribution in [1.82, 2.24) is 0 Å². The molecular weight excluding hydrogens is 317 g/mol. The Morgan fingerprint density at radius 2 is 1.58 bits per heavy atom. The summed E-state index contributed by atoms with van der Waals surface area (Å²) in [6.45, 7) is 3.94. The van der Waals surface area contributed by atoms with Crippen LogP contribution in [0.25, 0.3) is 0 Å². The summed E-state index contributed by atoms with van der Waals surface area (Å²) >= 11 is 0. The lowest BCUT2D eigenvalue weighted by Gasteiger charge is -2.60. The normalized spacial score (nSPS) is 56.3. The molecule has 4 saturated carbocycles. The average molecular weight is 344 g/mol. The van der Waals surface area contributed by atoms with Crippen LogP contribution in [0.4, 0.5) is 13.2 Å². The molecule has 3 unspecified atom stereocenters. The summed E-state index contributed by atoms with van der Waals surface area (Å²) in [5.74, 6) is -4.95. The molecule has 1 N–H and O–H groups in total. The highest BCUT2D eigenvalue weighted by Crippen LogP contribution is 2.67. The second-order valence-electron chi connectivity index (χ2n) is 9.35. The number of rotatable bonds is 0. The summed E-state index contributed by atoms with van der Waals surface area (Å²) in [6.07, 6.45) is 1.79. The summed E-state index contributed by atoms with van der Waals surface area (Å²) in [4.78, 5) is 11.7. The van der Waals surface area contributed by atoms with Gasteiger partial charge < -0.3 is 5.11 Å². The summed E-state index contributed by atoms with van der Waals surface area (Å²) in [6, 6.07) is 0. The Kier molecular flexibility index (Phi) is 3.50. The predicted molar refractivity (Wildman–Crippen MR) is 83.3 cm³/mol. The number of carbonyl (C=O) groups is 1. The fourth-order valence-electron chi connectivity index (χ4n) is 7.15. The largest absolute Gasteiger partial charge is 0.393 e. The van der Waals surface area contributed by atoms with Crippen molar-refractivity contribution in [2.45, 2.75) is 77.0 Å². The van der Waals surface area contributed by atoms with Crippen LogP contribution in [0.15, 0.2) is 0 Å². The molecule has 0 amide bonds. The van der Waals surface area contributed by atoms with E-state index in [0.717, 1.165) is 32.1 Å². The Bertz CT molecular complexity index is 565. The molecule has 0 aromatic rings. The zero-order valence-electron chi connectivity index (χ0n) is 14.4. The van der Waals surface area contributed by atoms with E-state index in [4.69, 9.17) is 0 Å². The van der Waals surface area contributed by atoms with E-state index in [1.165, 1.54) is 0 Å². The molecule has 0 aromatic heterocycles. The Balaban J connectivity index is 1.69. The molecule has 2 nitrogen and oxygen atoms in total. The number of aliphatic hydroxyl groups excluding tert-OH is 1. The highest BCUT2D eigenvalue weighted by atomic mass is 19.3. The predicted octanol–water partition coefficient (Wildman–Crippen LogP) is 4.15. The van der Waals surface area contributed by atoms with Crippen molar-refractivity contribution in [1.29, 1.82) is 0 Å².